The maximum Gasteiger partial charge on any atom is 0.0334 e. The molecule has 128 valence electrons. The van der Waals surface area contributed by atoms with Gasteiger partial charge in [-0.15, -0.1) is 0 Å². The average Bonchev–Trinajstić information content (AvgIpc) is 3.04. The molecule has 1 aromatic carbocycles. The Morgan fingerprint density at radius 2 is 2.22 bits per heavy atom. The second-order valence-electron chi connectivity index (χ2n) is 7.75. The maximum atomic E-state index is 3.61. The van der Waals surface area contributed by atoms with E-state index in [0.29, 0.717) is 12.0 Å². The Kier molecular flexibility index (Phi) is 5.73. The first-order valence-corrected chi connectivity index (χ1v) is 9.44. The van der Waals surface area contributed by atoms with Gasteiger partial charge in [-0.2, -0.15) is 0 Å². The average molecular weight is 316 g/mol. The van der Waals surface area contributed by atoms with E-state index in [-0.39, 0.29) is 0 Å². The number of piperidine rings is 1. The molecular weight excluding hydrogens is 282 g/mol. The van der Waals surface area contributed by atoms with Crippen molar-refractivity contribution < 1.29 is 0 Å². The predicted molar refractivity (Wildman–Crippen MR) is 97.5 cm³/mol. The van der Waals surface area contributed by atoms with Crippen LogP contribution in [0.25, 0.3) is 0 Å². The van der Waals surface area contributed by atoms with E-state index < -0.39 is 0 Å². The summed E-state index contributed by atoms with van der Waals surface area (Å²) in [5.41, 5.74) is 9.90. The van der Waals surface area contributed by atoms with Crippen LogP contribution >= 0.6 is 0 Å². The molecular formula is C20H33N3. The predicted octanol–water partition coefficient (Wildman–Crippen LogP) is 3.31. The third-order valence-corrected chi connectivity index (χ3v) is 5.81. The highest BCUT2D eigenvalue weighted by atomic mass is 15.4. The molecule has 0 aromatic heterocycles. The summed E-state index contributed by atoms with van der Waals surface area (Å²) >= 11 is 0. The molecule has 2 aliphatic heterocycles. The van der Waals surface area contributed by atoms with E-state index in [2.05, 4.69) is 60.8 Å². The monoisotopic (exact) mass is 315 g/mol. The highest BCUT2D eigenvalue weighted by molar-refractivity contribution is 5.28. The first-order valence-electron chi connectivity index (χ1n) is 9.44. The van der Waals surface area contributed by atoms with Crippen LogP contribution in [0.4, 0.5) is 0 Å². The molecule has 0 spiro atoms. The molecule has 0 aliphatic carbocycles. The van der Waals surface area contributed by atoms with E-state index in [1.165, 1.54) is 50.0 Å². The smallest absolute Gasteiger partial charge is 0.0334 e. The summed E-state index contributed by atoms with van der Waals surface area (Å²) in [6, 6.07) is 9.64. The minimum absolute atomic E-state index is 0.566. The lowest BCUT2D eigenvalue weighted by Crippen LogP contribution is -2.47. The summed E-state index contributed by atoms with van der Waals surface area (Å²) in [6.45, 7) is 11.7. The van der Waals surface area contributed by atoms with Crippen molar-refractivity contribution in [1.29, 1.82) is 0 Å². The number of nitrogens with one attached hydrogen (secondary N) is 2. The Balaban J connectivity index is 1.67. The number of nitrogens with zero attached hydrogens (tertiary/aromatic N) is 1. The van der Waals surface area contributed by atoms with Crippen LogP contribution in [0.15, 0.2) is 24.3 Å². The lowest BCUT2D eigenvalue weighted by molar-refractivity contribution is 0.130. The highest BCUT2D eigenvalue weighted by Crippen LogP contribution is 2.32. The van der Waals surface area contributed by atoms with Crippen molar-refractivity contribution in [2.75, 3.05) is 26.2 Å². The first kappa shape index (κ1) is 16.9. The Morgan fingerprint density at radius 1 is 1.35 bits per heavy atom. The fourth-order valence-electron chi connectivity index (χ4n) is 4.31. The van der Waals surface area contributed by atoms with Gasteiger partial charge in [0.1, 0.15) is 0 Å². The molecule has 3 nitrogen and oxygen atoms in total. The SMILES string of the molecule is CCC(C)CN1CCCC(C2NNCC2c2cccc(C)c2)C1. The van der Waals surface area contributed by atoms with Crippen LogP contribution in [0.5, 0.6) is 0 Å². The van der Waals surface area contributed by atoms with Gasteiger partial charge in [0.2, 0.25) is 0 Å². The van der Waals surface area contributed by atoms with E-state index in [1.54, 1.807) is 0 Å². The molecule has 0 saturated carbocycles. The first-order chi connectivity index (χ1) is 11.2. The lowest BCUT2D eigenvalue weighted by atomic mass is 9.80. The third kappa shape index (κ3) is 4.14. The van der Waals surface area contributed by atoms with Gasteiger partial charge in [-0.05, 0) is 43.7 Å². The van der Waals surface area contributed by atoms with Crippen LogP contribution < -0.4 is 10.9 Å². The van der Waals surface area contributed by atoms with Crippen LogP contribution in [0.2, 0.25) is 0 Å². The summed E-state index contributed by atoms with van der Waals surface area (Å²) in [4.78, 5) is 2.70. The van der Waals surface area contributed by atoms with Crippen LogP contribution in [-0.4, -0.2) is 37.1 Å². The van der Waals surface area contributed by atoms with E-state index in [4.69, 9.17) is 0 Å². The molecule has 2 fully saturated rings. The second-order valence-corrected chi connectivity index (χ2v) is 7.75. The molecule has 3 rings (SSSR count). The fourth-order valence-corrected chi connectivity index (χ4v) is 4.31. The summed E-state index contributed by atoms with van der Waals surface area (Å²) in [5.74, 6) is 2.17. The van der Waals surface area contributed by atoms with Crippen LogP contribution in [0.1, 0.15) is 50.2 Å². The van der Waals surface area contributed by atoms with E-state index >= 15 is 0 Å². The molecule has 2 N–H and O–H groups in total. The minimum Gasteiger partial charge on any atom is -0.303 e. The van der Waals surface area contributed by atoms with Gasteiger partial charge in [0, 0.05) is 31.6 Å². The van der Waals surface area contributed by atoms with Gasteiger partial charge in [0.25, 0.3) is 0 Å². The fraction of sp³-hybridized carbons (Fsp3) is 0.700. The summed E-state index contributed by atoms with van der Waals surface area (Å²) < 4.78 is 0. The zero-order valence-corrected chi connectivity index (χ0v) is 15.0. The Morgan fingerprint density at radius 3 is 3.00 bits per heavy atom. The van der Waals surface area contributed by atoms with E-state index in [9.17, 15) is 0 Å². The second kappa shape index (κ2) is 7.78. The minimum atomic E-state index is 0.566. The number of hydrogen-bond donors (Lipinski definition) is 2. The topological polar surface area (TPSA) is 27.3 Å². The van der Waals surface area contributed by atoms with Crippen molar-refractivity contribution in [3.8, 4) is 0 Å². The summed E-state index contributed by atoms with van der Waals surface area (Å²) in [7, 11) is 0. The zero-order valence-electron chi connectivity index (χ0n) is 15.0. The van der Waals surface area contributed by atoms with Crippen molar-refractivity contribution in [1.82, 2.24) is 15.8 Å². The number of hydrogen-bond acceptors (Lipinski definition) is 3. The van der Waals surface area contributed by atoms with E-state index in [0.717, 1.165) is 18.4 Å². The third-order valence-electron chi connectivity index (χ3n) is 5.81. The number of likely N-dealkylation sites (tertiary alicyclic amines) is 1. The van der Waals surface area contributed by atoms with Gasteiger partial charge in [0.15, 0.2) is 0 Å². The molecule has 2 aliphatic rings. The molecule has 0 bridgehead atoms. The van der Waals surface area contributed by atoms with Crippen molar-refractivity contribution in [2.45, 2.75) is 52.0 Å². The van der Waals surface area contributed by atoms with Crippen LogP contribution in [-0.2, 0) is 0 Å². The molecule has 1 aromatic rings. The number of benzene rings is 1. The number of aryl methyl sites for hydroxylation is 1. The Bertz CT molecular complexity index is 501. The molecule has 23 heavy (non-hydrogen) atoms. The standard InChI is InChI=1S/C20H33N3/c1-4-15(2)13-23-10-6-9-18(14-23)20-19(12-21-22-20)17-8-5-7-16(3)11-17/h5,7-8,11,15,18-22H,4,6,9-10,12-14H2,1-3H3. The van der Waals surface area contributed by atoms with Gasteiger partial charge < -0.3 is 4.90 Å². The Labute approximate surface area is 141 Å². The van der Waals surface area contributed by atoms with Gasteiger partial charge in [-0.1, -0.05) is 50.1 Å². The number of hydrazine groups is 1. The van der Waals surface area contributed by atoms with Crippen LogP contribution in [0.3, 0.4) is 0 Å². The van der Waals surface area contributed by atoms with Crippen molar-refractivity contribution >= 4 is 0 Å². The quantitative estimate of drug-likeness (QED) is 0.873. The normalized spacial score (nSPS) is 30.5. The maximum absolute atomic E-state index is 3.61. The van der Waals surface area contributed by atoms with Gasteiger partial charge in [-0.25, -0.2) is 0 Å². The molecule has 3 heteroatoms. The highest BCUT2D eigenvalue weighted by Gasteiger charge is 2.36. The molecule has 2 heterocycles. The summed E-state index contributed by atoms with van der Waals surface area (Å²) in [5, 5.41) is 0. The molecule has 4 atom stereocenters. The number of rotatable bonds is 5. The van der Waals surface area contributed by atoms with Gasteiger partial charge >= 0.3 is 0 Å². The summed E-state index contributed by atoms with van der Waals surface area (Å²) in [6.07, 6.45) is 3.99. The largest absolute Gasteiger partial charge is 0.303 e. The van der Waals surface area contributed by atoms with Gasteiger partial charge in [0.05, 0.1) is 0 Å². The zero-order chi connectivity index (χ0) is 16.2. The molecule has 0 radical (unpaired) electrons. The Hall–Kier alpha value is -0.900. The van der Waals surface area contributed by atoms with Crippen molar-refractivity contribution in [2.24, 2.45) is 11.8 Å². The van der Waals surface area contributed by atoms with Crippen molar-refractivity contribution in [3.63, 3.8) is 0 Å². The molecule has 2 saturated heterocycles. The van der Waals surface area contributed by atoms with Crippen molar-refractivity contribution in [3.05, 3.63) is 35.4 Å². The molecule has 4 unspecified atom stereocenters. The van der Waals surface area contributed by atoms with Crippen LogP contribution in [0, 0.1) is 18.8 Å². The lowest BCUT2D eigenvalue weighted by Gasteiger charge is -2.38. The van der Waals surface area contributed by atoms with Gasteiger partial charge in [-0.3, -0.25) is 10.9 Å². The van der Waals surface area contributed by atoms with E-state index in [1.807, 2.05) is 0 Å². The molecule has 0 amide bonds.